The van der Waals surface area contributed by atoms with Crippen molar-refractivity contribution < 1.29 is 28.9 Å². The van der Waals surface area contributed by atoms with Gasteiger partial charge in [0.25, 0.3) is 0 Å². The molecule has 3 atom stereocenters. The molecule has 1 aromatic heterocycles. The summed E-state index contributed by atoms with van der Waals surface area (Å²) >= 11 is 0. The number of fused-ring (bicyclic) bond motifs is 1. The first-order chi connectivity index (χ1) is 23.0. The quantitative estimate of drug-likeness (QED) is 0.157. The molecule has 5 aromatic rings. The van der Waals surface area contributed by atoms with Crippen LogP contribution in [-0.4, -0.2) is 45.9 Å². The van der Waals surface area contributed by atoms with Gasteiger partial charge in [0.15, 0.2) is 6.29 Å². The summed E-state index contributed by atoms with van der Waals surface area (Å²) in [4.78, 5) is 28.3. The number of ether oxygens (including phenoxy) is 3. The molecule has 10 nitrogen and oxygen atoms in total. The van der Waals surface area contributed by atoms with Crippen molar-refractivity contribution in [2.75, 3.05) is 13.2 Å². The van der Waals surface area contributed by atoms with Gasteiger partial charge in [-0.3, -0.25) is 4.79 Å². The van der Waals surface area contributed by atoms with Crippen molar-refractivity contribution in [2.45, 2.75) is 51.5 Å². The number of hydrogen-bond donors (Lipinski definition) is 3. The summed E-state index contributed by atoms with van der Waals surface area (Å²) in [5.74, 6) is -0.483. The number of carbonyl (C=O) groups is 2. The highest BCUT2D eigenvalue weighted by atomic mass is 16.7. The lowest BCUT2D eigenvalue weighted by Gasteiger charge is -2.36. The highest BCUT2D eigenvalue weighted by Crippen LogP contribution is 2.39. The van der Waals surface area contributed by atoms with Crippen molar-refractivity contribution in [2.24, 2.45) is 0 Å². The third-order valence-corrected chi connectivity index (χ3v) is 8.11. The van der Waals surface area contributed by atoms with Crippen LogP contribution < -0.4 is 10.6 Å². The molecule has 10 heteroatoms. The fourth-order valence-electron chi connectivity index (χ4n) is 5.74. The van der Waals surface area contributed by atoms with Gasteiger partial charge in [-0.05, 0) is 59.0 Å². The number of benzene rings is 4. The van der Waals surface area contributed by atoms with Gasteiger partial charge in [-0.2, -0.15) is 0 Å². The summed E-state index contributed by atoms with van der Waals surface area (Å²) in [6, 6.07) is 31.5. The average Bonchev–Trinajstić information content (AvgIpc) is 3.52. The zero-order valence-electron chi connectivity index (χ0n) is 26.2. The van der Waals surface area contributed by atoms with Gasteiger partial charge in [0.05, 0.1) is 49.3 Å². The second-order valence-corrected chi connectivity index (χ2v) is 11.4. The van der Waals surface area contributed by atoms with Crippen LogP contribution in [0.2, 0.25) is 0 Å². The van der Waals surface area contributed by atoms with Crippen LogP contribution in [0.3, 0.4) is 0 Å². The third-order valence-electron chi connectivity index (χ3n) is 8.11. The lowest BCUT2D eigenvalue weighted by atomic mass is 9.98. The van der Waals surface area contributed by atoms with Crippen LogP contribution in [0.25, 0.3) is 22.2 Å². The van der Waals surface area contributed by atoms with Crippen molar-refractivity contribution in [3.63, 3.8) is 0 Å². The molecule has 47 heavy (non-hydrogen) atoms. The van der Waals surface area contributed by atoms with E-state index in [-0.39, 0.29) is 32.0 Å². The number of nitrogens with one attached hydrogen (secondary N) is 2. The highest BCUT2D eigenvalue weighted by Gasteiger charge is 2.33. The number of nitrogens with zero attached hydrogens (tertiary/aromatic N) is 2. The number of aromatic nitrogens is 2. The molecule has 2 heterocycles. The molecule has 6 rings (SSSR count). The lowest BCUT2D eigenvalue weighted by Crippen LogP contribution is -2.38. The molecule has 0 bridgehead atoms. The first-order valence-electron chi connectivity index (χ1n) is 15.8. The predicted octanol–water partition coefficient (Wildman–Crippen LogP) is 5.80. The minimum absolute atomic E-state index is 0.0133. The molecule has 0 unspecified atom stereocenters. The average molecular weight is 635 g/mol. The van der Waals surface area contributed by atoms with Crippen molar-refractivity contribution >= 4 is 23.0 Å². The number of rotatable bonds is 11. The summed E-state index contributed by atoms with van der Waals surface area (Å²) in [6.45, 7) is 2.69. The molecule has 0 radical (unpaired) electrons. The smallest absolute Gasteiger partial charge is 0.325 e. The number of carbonyl (C=O) groups excluding carboxylic acids is 2. The van der Waals surface area contributed by atoms with Crippen molar-refractivity contribution in [1.82, 2.24) is 20.2 Å². The molecule has 0 aliphatic carbocycles. The Morgan fingerprint density at radius 1 is 0.894 bits per heavy atom. The minimum atomic E-state index is -0.612. The molecule has 0 spiro atoms. The number of urea groups is 1. The SMILES string of the molecule is CCOC(=O)CNC(=O)NCc1cccc(-c2cccc([C@H]3O[C@@H](Cn4cnc5ccccc54)C[C@@H](c4ccc(CO)cc4)O3)c2)c1. The molecule has 2 amide bonds. The fraction of sp³-hybridized carbons (Fsp3) is 0.270. The molecule has 1 fully saturated rings. The molecule has 1 aliphatic rings. The molecule has 0 saturated carbocycles. The summed E-state index contributed by atoms with van der Waals surface area (Å²) in [6.07, 6.45) is 1.54. The number of hydrogen-bond acceptors (Lipinski definition) is 7. The molecule has 1 aliphatic heterocycles. The normalized spacial score (nSPS) is 17.7. The molecular formula is C37H38N4O6. The Morgan fingerprint density at radius 3 is 2.49 bits per heavy atom. The maximum Gasteiger partial charge on any atom is 0.325 e. The van der Waals surface area contributed by atoms with Gasteiger partial charge in [-0.25, -0.2) is 9.78 Å². The zero-order valence-corrected chi connectivity index (χ0v) is 26.2. The van der Waals surface area contributed by atoms with Crippen molar-refractivity contribution in [3.05, 3.63) is 126 Å². The minimum Gasteiger partial charge on any atom is -0.465 e. The van der Waals surface area contributed by atoms with Crippen molar-refractivity contribution in [3.8, 4) is 11.1 Å². The number of imidazole rings is 1. The van der Waals surface area contributed by atoms with E-state index in [1.165, 1.54) is 0 Å². The molecule has 4 aromatic carbocycles. The van der Waals surface area contributed by atoms with Gasteiger partial charge in [0.2, 0.25) is 0 Å². The Morgan fingerprint density at radius 2 is 1.68 bits per heavy atom. The van der Waals surface area contributed by atoms with Crippen LogP contribution in [0.5, 0.6) is 0 Å². The van der Waals surface area contributed by atoms with E-state index in [1.54, 1.807) is 6.92 Å². The van der Waals surface area contributed by atoms with Crippen LogP contribution in [0.1, 0.15) is 48.0 Å². The largest absolute Gasteiger partial charge is 0.465 e. The van der Waals surface area contributed by atoms with Crippen molar-refractivity contribution in [1.29, 1.82) is 0 Å². The standard InChI is InChI=1S/C37H38N4O6/c1-2-45-35(43)21-39-37(44)38-20-26-7-5-8-28(17-26)29-9-6-10-30(18-29)36-46-31(22-41-24-40-32-11-3-4-12-33(32)41)19-34(47-36)27-15-13-25(23-42)14-16-27/h3-18,24,31,34,36,42H,2,19-23H2,1H3,(H2,38,39,44)/t31-,34+,36+/m1/s1. The monoisotopic (exact) mass is 634 g/mol. The van der Waals surface area contributed by atoms with E-state index in [9.17, 15) is 14.7 Å². The third kappa shape index (κ3) is 8.04. The first-order valence-corrected chi connectivity index (χ1v) is 15.8. The van der Waals surface area contributed by atoms with Crippen LogP contribution in [0.15, 0.2) is 103 Å². The summed E-state index contributed by atoms with van der Waals surface area (Å²) in [5.41, 5.74) is 7.62. The van der Waals surface area contributed by atoms with E-state index in [0.717, 1.165) is 44.4 Å². The first kappa shape index (κ1) is 31.9. The Balaban J connectivity index is 1.19. The van der Waals surface area contributed by atoms with Crippen LogP contribution >= 0.6 is 0 Å². The molecular weight excluding hydrogens is 596 g/mol. The predicted molar refractivity (Wildman–Crippen MR) is 177 cm³/mol. The summed E-state index contributed by atoms with van der Waals surface area (Å²) in [5, 5.41) is 14.8. The van der Waals surface area contributed by atoms with E-state index in [2.05, 4.69) is 32.3 Å². The van der Waals surface area contributed by atoms with Crippen LogP contribution in [0, 0.1) is 0 Å². The van der Waals surface area contributed by atoms with E-state index in [0.29, 0.717) is 19.5 Å². The number of aliphatic hydroxyl groups is 1. The van der Waals surface area contributed by atoms with Gasteiger partial charge in [-0.15, -0.1) is 0 Å². The van der Waals surface area contributed by atoms with Gasteiger partial charge >= 0.3 is 12.0 Å². The van der Waals surface area contributed by atoms with Gasteiger partial charge in [0, 0.05) is 18.5 Å². The summed E-state index contributed by atoms with van der Waals surface area (Å²) < 4.78 is 20.2. The number of para-hydroxylation sites is 2. The summed E-state index contributed by atoms with van der Waals surface area (Å²) in [7, 11) is 0. The fourth-order valence-corrected chi connectivity index (χ4v) is 5.74. The van der Waals surface area contributed by atoms with E-state index >= 15 is 0 Å². The van der Waals surface area contributed by atoms with E-state index in [1.807, 2.05) is 91.3 Å². The zero-order chi connectivity index (χ0) is 32.6. The second-order valence-electron chi connectivity index (χ2n) is 11.4. The number of esters is 1. The van der Waals surface area contributed by atoms with E-state index < -0.39 is 18.3 Å². The van der Waals surface area contributed by atoms with Crippen LogP contribution in [0.4, 0.5) is 4.79 Å². The number of aliphatic hydroxyl groups excluding tert-OH is 1. The second kappa shape index (κ2) is 15.0. The Labute approximate surface area is 273 Å². The Bertz CT molecular complexity index is 1820. The van der Waals surface area contributed by atoms with Gasteiger partial charge in [0.1, 0.15) is 6.54 Å². The lowest BCUT2D eigenvalue weighted by molar-refractivity contribution is -0.252. The molecule has 3 N–H and O–H groups in total. The van der Waals surface area contributed by atoms with Crippen LogP contribution in [-0.2, 0) is 38.7 Å². The Hall–Kier alpha value is -5.03. The molecule has 1 saturated heterocycles. The maximum atomic E-state index is 12.2. The maximum absolute atomic E-state index is 12.2. The molecule has 242 valence electrons. The topological polar surface area (TPSA) is 124 Å². The van der Waals surface area contributed by atoms with Gasteiger partial charge in [-0.1, -0.05) is 72.8 Å². The Kier molecular flexibility index (Phi) is 10.2. The van der Waals surface area contributed by atoms with E-state index in [4.69, 9.17) is 14.2 Å². The number of amides is 2. The highest BCUT2D eigenvalue weighted by molar-refractivity contribution is 5.80. The van der Waals surface area contributed by atoms with Gasteiger partial charge < -0.3 is 34.5 Å².